The molecule has 1 aliphatic heterocycles. The number of rotatable bonds is 7. The molecule has 6 heteroatoms. The average molecular weight is 374 g/mol. The lowest BCUT2D eigenvalue weighted by Gasteiger charge is -2.26. The van der Waals surface area contributed by atoms with Gasteiger partial charge in [-0.3, -0.25) is 14.7 Å². The zero-order chi connectivity index (χ0) is 19.8. The molecular weight excluding hydrogens is 338 g/mol. The summed E-state index contributed by atoms with van der Waals surface area (Å²) in [6, 6.07) is 6.57. The van der Waals surface area contributed by atoms with Gasteiger partial charge in [0.2, 0.25) is 5.91 Å². The summed E-state index contributed by atoms with van der Waals surface area (Å²) in [5, 5.41) is 6.76. The van der Waals surface area contributed by atoms with E-state index in [2.05, 4.69) is 52.6 Å². The highest BCUT2D eigenvalue weighted by Crippen LogP contribution is 2.18. The van der Waals surface area contributed by atoms with Crippen molar-refractivity contribution in [3.8, 4) is 0 Å². The van der Waals surface area contributed by atoms with Crippen molar-refractivity contribution < 1.29 is 4.79 Å². The number of aliphatic imine (C=N–C) groups is 1. The maximum Gasteiger partial charge on any atom is 0.239 e. The van der Waals surface area contributed by atoms with Crippen LogP contribution in [0.1, 0.15) is 36.0 Å². The Morgan fingerprint density at radius 1 is 1.30 bits per heavy atom. The first-order chi connectivity index (χ1) is 12.9. The number of likely N-dealkylation sites (tertiary alicyclic amines) is 1. The molecule has 1 aromatic carbocycles. The van der Waals surface area contributed by atoms with Crippen LogP contribution in [0.4, 0.5) is 0 Å². The molecule has 1 fully saturated rings. The van der Waals surface area contributed by atoms with Gasteiger partial charge >= 0.3 is 0 Å². The van der Waals surface area contributed by atoms with E-state index in [-0.39, 0.29) is 11.9 Å². The van der Waals surface area contributed by atoms with Crippen molar-refractivity contribution in [2.75, 3.05) is 40.8 Å². The van der Waals surface area contributed by atoms with Gasteiger partial charge in [-0.05, 0) is 50.8 Å². The van der Waals surface area contributed by atoms with Gasteiger partial charge in [-0.1, -0.05) is 23.8 Å². The Morgan fingerprint density at radius 2 is 2.07 bits per heavy atom. The number of amides is 1. The van der Waals surface area contributed by atoms with Crippen molar-refractivity contribution in [1.29, 1.82) is 0 Å². The van der Waals surface area contributed by atoms with Crippen LogP contribution in [0.2, 0.25) is 0 Å². The van der Waals surface area contributed by atoms with Crippen LogP contribution < -0.4 is 10.6 Å². The molecule has 0 saturated carbocycles. The Bertz CT molecular complexity index is 656. The molecule has 1 saturated heterocycles. The number of benzene rings is 1. The molecule has 1 atom stereocenters. The predicted octanol–water partition coefficient (Wildman–Crippen LogP) is 1.91. The van der Waals surface area contributed by atoms with E-state index >= 15 is 0 Å². The van der Waals surface area contributed by atoms with E-state index in [0.29, 0.717) is 0 Å². The Hall–Kier alpha value is -2.08. The third-order valence-corrected chi connectivity index (χ3v) is 5.17. The number of hydrogen-bond donors (Lipinski definition) is 2. The monoisotopic (exact) mass is 373 g/mol. The predicted molar refractivity (Wildman–Crippen MR) is 112 cm³/mol. The number of likely N-dealkylation sites (N-methyl/N-ethyl adjacent to an activating group) is 1. The van der Waals surface area contributed by atoms with E-state index in [9.17, 15) is 4.79 Å². The molecule has 1 aliphatic rings. The third-order valence-electron chi connectivity index (χ3n) is 5.17. The van der Waals surface area contributed by atoms with E-state index in [4.69, 9.17) is 0 Å². The summed E-state index contributed by atoms with van der Waals surface area (Å²) in [5.74, 6) is 1.05. The van der Waals surface area contributed by atoms with Crippen LogP contribution in [0, 0.1) is 13.8 Å². The Morgan fingerprint density at radius 3 is 2.74 bits per heavy atom. The van der Waals surface area contributed by atoms with Gasteiger partial charge in [0.05, 0.1) is 6.04 Å². The summed E-state index contributed by atoms with van der Waals surface area (Å²) in [6.07, 6.45) is 3.07. The van der Waals surface area contributed by atoms with Crippen LogP contribution in [-0.4, -0.2) is 68.5 Å². The van der Waals surface area contributed by atoms with E-state index in [1.54, 1.807) is 11.9 Å². The lowest BCUT2D eigenvalue weighted by atomic mass is 10.1. The number of carbonyl (C=O) groups excluding carboxylic acids is 1. The first-order valence-electron chi connectivity index (χ1n) is 9.88. The van der Waals surface area contributed by atoms with Crippen LogP contribution in [0.3, 0.4) is 0 Å². The minimum atomic E-state index is 0.0574. The smallest absolute Gasteiger partial charge is 0.239 e. The maximum atomic E-state index is 12.3. The van der Waals surface area contributed by atoms with Gasteiger partial charge in [-0.25, -0.2) is 0 Å². The number of nitrogens with one attached hydrogen (secondary N) is 2. The van der Waals surface area contributed by atoms with E-state index < -0.39 is 0 Å². The number of carbonyl (C=O) groups is 1. The summed E-state index contributed by atoms with van der Waals surface area (Å²) in [4.78, 5) is 20.6. The number of aryl methyl sites for hydroxylation is 2. The molecule has 0 aliphatic carbocycles. The molecule has 2 N–H and O–H groups in total. The summed E-state index contributed by atoms with van der Waals surface area (Å²) in [5.41, 5.74) is 3.86. The molecule has 6 nitrogen and oxygen atoms in total. The first kappa shape index (κ1) is 21.2. The summed E-state index contributed by atoms with van der Waals surface area (Å²) >= 11 is 0. The van der Waals surface area contributed by atoms with Crippen molar-refractivity contribution in [3.63, 3.8) is 0 Å². The molecular formula is C21H35N5O. The number of hydrogen-bond acceptors (Lipinski definition) is 3. The lowest BCUT2D eigenvalue weighted by molar-refractivity contribution is -0.133. The highest BCUT2D eigenvalue weighted by atomic mass is 16.2. The molecule has 0 bridgehead atoms. The number of nitrogens with zero attached hydrogens (tertiary/aromatic N) is 3. The first-order valence-corrected chi connectivity index (χ1v) is 9.88. The molecule has 1 aromatic rings. The van der Waals surface area contributed by atoms with Crippen LogP contribution in [-0.2, 0) is 11.3 Å². The van der Waals surface area contributed by atoms with Crippen molar-refractivity contribution in [2.45, 2.75) is 45.7 Å². The van der Waals surface area contributed by atoms with E-state index in [1.807, 2.05) is 14.1 Å². The second-order valence-corrected chi connectivity index (χ2v) is 7.56. The zero-order valence-electron chi connectivity index (χ0n) is 17.5. The summed E-state index contributed by atoms with van der Waals surface area (Å²) < 4.78 is 0. The van der Waals surface area contributed by atoms with E-state index in [0.717, 1.165) is 51.4 Å². The largest absolute Gasteiger partial charge is 0.356 e. The maximum absolute atomic E-state index is 12.3. The van der Waals surface area contributed by atoms with Crippen molar-refractivity contribution in [1.82, 2.24) is 20.4 Å². The SMILES string of the molecule is CN=C(NCCCN1CCCC1C(=O)N(C)C)NCc1ccc(C)cc1C. The van der Waals surface area contributed by atoms with Gasteiger partial charge in [0.1, 0.15) is 0 Å². The second-order valence-electron chi connectivity index (χ2n) is 7.56. The standard InChI is InChI=1S/C21H35N5O/c1-16-9-10-18(17(2)14-16)15-24-21(22-3)23-11-7-13-26-12-6-8-19(26)20(27)25(4)5/h9-10,14,19H,6-8,11-13,15H2,1-5H3,(H2,22,23,24). The van der Waals surface area contributed by atoms with E-state index in [1.165, 1.54) is 16.7 Å². The van der Waals surface area contributed by atoms with Gasteiger partial charge in [-0.2, -0.15) is 0 Å². The molecule has 0 radical (unpaired) electrons. The zero-order valence-corrected chi connectivity index (χ0v) is 17.5. The van der Waals surface area contributed by atoms with Crippen LogP contribution in [0.25, 0.3) is 0 Å². The minimum absolute atomic E-state index is 0.0574. The normalized spacial score (nSPS) is 17.8. The summed E-state index contributed by atoms with van der Waals surface area (Å²) in [6.45, 7) is 7.81. The van der Waals surface area contributed by atoms with Gasteiger partial charge < -0.3 is 15.5 Å². The van der Waals surface area contributed by atoms with Gasteiger partial charge in [0.15, 0.2) is 5.96 Å². The fourth-order valence-electron chi connectivity index (χ4n) is 3.60. The summed E-state index contributed by atoms with van der Waals surface area (Å²) in [7, 11) is 5.47. The highest BCUT2D eigenvalue weighted by Gasteiger charge is 2.30. The van der Waals surface area contributed by atoms with Gasteiger partial charge in [0, 0.05) is 40.8 Å². The van der Waals surface area contributed by atoms with Crippen LogP contribution in [0.5, 0.6) is 0 Å². The van der Waals surface area contributed by atoms with Crippen molar-refractivity contribution >= 4 is 11.9 Å². The quantitative estimate of drug-likeness (QED) is 0.435. The Kier molecular flexibility index (Phi) is 8.10. The Labute approximate surface area is 164 Å². The van der Waals surface area contributed by atoms with Crippen LogP contribution >= 0.6 is 0 Å². The highest BCUT2D eigenvalue weighted by molar-refractivity contribution is 5.81. The number of guanidine groups is 1. The third kappa shape index (κ3) is 6.24. The van der Waals surface area contributed by atoms with Crippen molar-refractivity contribution in [3.05, 3.63) is 34.9 Å². The van der Waals surface area contributed by atoms with Crippen molar-refractivity contribution in [2.24, 2.45) is 4.99 Å². The molecule has 2 rings (SSSR count). The molecule has 0 aromatic heterocycles. The molecule has 1 heterocycles. The molecule has 1 unspecified atom stereocenters. The minimum Gasteiger partial charge on any atom is -0.356 e. The van der Waals surface area contributed by atoms with Gasteiger partial charge in [-0.15, -0.1) is 0 Å². The molecule has 27 heavy (non-hydrogen) atoms. The average Bonchev–Trinajstić information content (AvgIpc) is 3.10. The molecule has 0 spiro atoms. The van der Waals surface area contributed by atoms with Crippen LogP contribution in [0.15, 0.2) is 23.2 Å². The molecule has 1 amide bonds. The second kappa shape index (κ2) is 10.3. The molecule has 150 valence electrons. The topological polar surface area (TPSA) is 60.0 Å². The lowest BCUT2D eigenvalue weighted by Crippen LogP contribution is -2.44. The fourth-order valence-corrected chi connectivity index (χ4v) is 3.60. The fraction of sp³-hybridized carbons (Fsp3) is 0.619. The van der Waals surface area contributed by atoms with Gasteiger partial charge in [0.25, 0.3) is 0 Å². The Balaban J connectivity index is 1.72.